The van der Waals surface area contributed by atoms with Crippen molar-refractivity contribution in [2.75, 3.05) is 26.7 Å². The molecule has 0 saturated carbocycles. The Morgan fingerprint density at radius 3 is 2.64 bits per heavy atom. The lowest BCUT2D eigenvalue weighted by Gasteiger charge is -2.56. The second-order valence-electron chi connectivity index (χ2n) is 9.96. The van der Waals surface area contributed by atoms with E-state index in [1.807, 2.05) is 37.4 Å². The zero-order chi connectivity index (χ0) is 25.7. The van der Waals surface area contributed by atoms with Crippen molar-refractivity contribution in [1.82, 2.24) is 14.8 Å². The maximum Gasteiger partial charge on any atom is 0.401 e. The molecule has 2 bridgehead atoms. The number of alkyl halides is 3. The minimum Gasteiger partial charge on any atom is -0.496 e. The van der Waals surface area contributed by atoms with E-state index in [0.717, 1.165) is 33.3 Å². The molecule has 0 unspecified atom stereocenters. The summed E-state index contributed by atoms with van der Waals surface area (Å²) < 4.78 is 45.6. The van der Waals surface area contributed by atoms with Crippen LogP contribution in [0.5, 0.6) is 5.75 Å². The number of aromatic amines is 1. The lowest BCUT2D eigenvalue weighted by Crippen LogP contribution is -2.62. The highest BCUT2D eigenvalue weighted by Crippen LogP contribution is 2.47. The van der Waals surface area contributed by atoms with Crippen molar-refractivity contribution >= 4 is 16.9 Å². The number of carbonyl (C=O) groups is 1. The first kappa shape index (κ1) is 24.6. The van der Waals surface area contributed by atoms with E-state index in [0.29, 0.717) is 38.9 Å². The maximum atomic E-state index is 13.3. The van der Waals surface area contributed by atoms with Crippen molar-refractivity contribution in [2.45, 2.75) is 50.5 Å². The summed E-state index contributed by atoms with van der Waals surface area (Å²) in [4.78, 5) is 18.7. The maximum absolute atomic E-state index is 13.3. The fourth-order valence-corrected chi connectivity index (χ4v) is 6.23. The number of nitrogens with zero attached hydrogens (tertiary/aromatic N) is 2. The number of nitrogens with one attached hydrogen (secondary N) is 1. The van der Waals surface area contributed by atoms with E-state index in [4.69, 9.17) is 4.74 Å². The van der Waals surface area contributed by atoms with Gasteiger partial charge in [-0.3, -0.25) is 9.80 Å². The summed E-state index contributed by atoms with van der Waals surface area (Å²) in [6.45, 7) is 2.65. The third kappa shape index (κ3) is 4.35. The Morgan fingerprint density at radius 1 is 1.22 bits per heavy atom. The Hall–Kier alpha value is -3.04. The number of fused-ring (bicyclic) bond motifs is 3. The van der Waals surface area contributed by atoms with Crippen LogP contribution in [0.15, 0.2) is 42.6 Å². The number of aromatic nitrogens is 1. The number of rotatable bonds is 6. The number of carboxylic acid groups (broad SMARTS) is 1. The van der Waals surface area contributed by atoms with E-state index in [-0.39, 0.29) is 11.6 Å². The fraction of sp³-hybridized carbons (Fsp3) is 0.444. The zero-order valence-electron chi connectivity index (χ0n) is 20.4. The minimum absolute atomic E-state index is 0.192. The molecule has 2 N–H and O–H groups in total. The van der Waals surface area contributed by atoms with E-state index in [1.54, 1.807) is 24.1 Å². The van der Waals surface area contributed by atoms with Crippen LogP contribution in [0, 0.1) is 6.92 Å². The quantitative estimate of drug-likeness (QED) is 0.479. The third-order valence-electron chi connectivity index (χ3n) is 7.97. The highest BCUT2D eigenvalue weighted by molar-refractivity contribution is 5.88. The molecule has 0 amide bonds. The van der Waals surface area contributed by atoms with Gasteiger partial charge in [-0.25, -0.2) is 4.79 Å². The van der Waals surface area contributed by atoms with Crippen LogP contribution in [0.4, 0.5) is 13.2 Å². The summed E-state index contributed by atoms with van der Waals surface area (Å²) in [6.07, 6.45) is -0.621. The predicted octanol–water partition coefficient (Wildman–Crippen LogP) is 5.31. The SMILES string of the molecule is COc1cc(C)c2[nH]ccc2c1CN1CC[C@H]2C[C@]1(c1ccc(C(=O)O)cc1)CCN2CC(F)(F)F. The first-order valence-electron chi connectivity index (χ1n) is 12.1. The summed E-state index contributed by atoms with van der Waals surface area (Å²) >= 11 is 0. The van der Waals surface area contributed by atoms with Gasteiger partial charge in [-0.15, -0.1) is 0 Å². The molecular formula is C27H30F3N3O3. The Morgan fingerprint density at radius 2 is 1.97 bits per heavy atom. The molecule has 2 fully saturated rings. The Kier molecular flexibility index (Phi) is 6.24. The molecule has 9 heteroatoms. The number of carboxylic acids is 1. The number of aromatic carboxylic acids is 1. The summed E-state index contributed by atoms with van der Waals surface area (Å²) in [6, 6.07) is 10.7. The Labute approximate surface area is 207 Å². The van der Waals surface area contributed by atoms with Crippen molar-refractivity contribution in [1.29, 1.82) is 0 Å². The summed E-state index contributed by atoms with van der Waals surface area (Å²) in [5.41, 5.74) is 3.80. The summed E-state index contributed by atoms with van der Waals surface area (Å²) in [5.74, 6) is -0.218. The Balaban J connectivity index is 1.55. The molecule has 3 heterocycles. The van der Waals surface area contributed by atoms with E-state index in [1.165, 1.54) is 0 Å². The molecule has 5 rings (SSSR count). The second-order valence-corrected chi connectivity index (χ2v) is 9.96. The van der Waals surface area contributed by atoms with Gasteiger partial charge in [-0.05, 0) is 61.6 Å². The van der Waals surface area contributed by atoms with Gasteiger partial charge in [0.15, 0.2) is 0 Å². The average Bonchev–Trinajstić information content (AvgIpc) is 3.34. The number of hydrogen-bond donors (Lipinski definition) is 2. The van der Waals surface area contributed by atoms with Crippen molar-refractivity contribution < 1.29 is 27.8 Å². The molecule has 3 aromatic rings. The number of ether oxygens (including phenoxy) is 1. The van der Waals surface area contributed by atoms with Crippen molar-refractivity contribution in [3.05, 3.63) is 64.8 Å². The molecule has 36 heavy (non-hydrogen) atoms. The van der Waals surface area contributed by atoms with Crippen LogP contribution in [-0.4, -0.2) is 64.8 Å². The monoisotopic (exact) mass is 501 g/mol. The average molecular weight is 502 g/mol. The molecule has 0 aliphatic carbocycles. The van der Waals surface area contributed by atoms with Crippen LogP contribution >= 0.6 is 0 Å². The van der Waals surface area contributed by atoms with Crippen LogP contribution < -0.4 is 4.74 Å². The van der Waals surface area contributed by atoms with Crippen molar-refractivity contribution in [3.8, 4) is 5.75 Å². The largest absolute Gasteiger partial charge is 0.496 e. The smallest absolute Gasteiger partial charge is 0.401 e. The van der Waals surface area contributed by atoms with E-state index in [9.17, 15) is 23.1 Å². The first-order chi connectivity index (χ1) is 17.1. The van der Waals surface area contributed by atoms with Gasteiger partial charge in [0.05, 0.1) is 19.2 Å². The topological polar surface area (TPSA) is 68.8 Å². The summed E-state index contributed by atoms with van der Waals surface area (Å²) in [5, 5.41) is 10.4. The molecular weight excluding hydrogens is 471 g/mol. The number of aryl methyl sites for hydroxylation is 1. The van der Waals surface area contributed by atoms with Crippen molar-refractivity contribution in [3.63, 3.8) is 0 Å². The van der Waals surface area contributed by atoms with E-state index >= 15 is 0 Å². The molecule has 2 saturated heterocycles. The van der Waals surface area contributed by atoms with Gasteiger partial charge in [0.2, 0.25) is 0 Å². The van der Waals surface area contributed by atoms with Crippen LogP contribution in [0.25, 0.3) is 10.9 Å². The van der Waals surface area contributed by atoms with E-state index < -0.39 is 24.2 Å². The first-order valence-corrected chi connectivity index (χ1v) is 12.1. The number of benzene rings is 2. The number of likely N-dealkylation sites (tertiary alicyclic amines) is 2. The molecule has 0 radical (unpaired) electrons. The van der Waals surface area contributed by atoms with Crippen LogP contribution in [0.3, 0.4) is 0 Å². The standard InChI is InChI=1S/C27H30F3N3O3/c1-17-13-23(36-2)22(21-7-10-31-24(17)21)15-33-11-8-20-14-26(33,9-12-32(20)16-27(28,29)30)19-5-3-18(4-6-19)25(34)35/h3-7,10,13,20,31H,8-9,11-12,14-16H2,1-2H3,(H,34,35)/t20-,26-/m0/s1. The third-order valence-corrected chi connectivity index (χ3v) is 7.97. The van der Waals surface area contributed by atoms with Crippen LogP contribution in [0.1, 0.15) is 46.3 Å². The van der Waals surface area contributed by atoms with E-state index in [2.05, 4.69) is 9.88 Å². The number of piperidine rings is 2. The normalized spacial score (nSPS) is 23.2. The molecule has 192 valence electrons. The van der Waals surface area contributed by atoms with Gasteiger partial charge in [0, 0.05) is 53.9 Å². The van der Waals surface area contributed by atoms with Crippen LogP contribution in [-0.2, 0) is 12.1 Å². The highest BCUT2D eigenvalue weighted by atomic mass is 19.4. The second kappa shape index (κ2) is 9.12. The lowest BCUT2D eigenvalue weighted by atomic mass is 9.72. The van der Waals surface area contributed by atoms with Gasteiger partial charge in [-0.2, -0.15) is 13.2 Å². The minimum atomic E-state index is -4.24. The molecule has 0 spiro atoms. The Bertz CT molecular complexity index is 1270. The molecule has 2 aliphatic heterocycles. The predicted molar refractivity (Wildman–Crippen MR) is 130 cm³/mol. The molecule has 2 aromatic carbocycles. The van der Waals surface area contributed by atoms with Gasteiger partial charge < -0.3 is 14.8 Å². The number of H-pyrrole nitrogens is 1. The summed E-state index contributed by atoms with van der Waals surface area (Å²) in [7, 11) is 1.65. The van der Waals surface area contributed by atoms with Gasteiger partial charge in [0.1, 0.15) is 5.75 Å². The zero-order valence-corrected chi connectivity index (χ0v) is 20.4. The molecule has 2 aliphatic rings. The van der Waals surface area contributed by atoms with Gasteiger partial charge >= 0.3 is 12.1 Å². The van der Waals surface area contributed by atoms with Gasteiger partial charge in [-0.1, -0.05) is 12.1 Å². The molecule has 2 atom stereocenters. The van der Waals surface area contributed by atoms with Crippen molar-refractivity contribution in [2.24, 2.45) is 0 Å². The lowest BCUT2D eigenvalue weighted by molar-refractivity contribution is -0.167. The molecule has 1 aromatic heterocycles. The molecule has 6 nitrogen and oxygen atoms in total. The van der Waals surface area contributed by atoms with Gasteiger partial charge in [0.25, 0.3) is 0 Å². The fourth-order valence-electron chi connectivity index (χ4n) is 6.23. The number of halogens is 3. The highest BCUT2D eigenvalue weighted by Gasteiger charge is 2.50. The number of hydrogen-bond acceptors (Lipinski definition) is 4. The van der Waals surface area contributed by atoms with Crippen LogP contribution in [0.2, 0.25) is 0 Å². The number of methoxy groups -OCH3 is 1.